The number of halogens is 2. The van der Waals surface area contributed by atoms with Crippen molar-refractivity contribution in [3.8, 4) is 0 Å². The zero-order chi connectivity index (χ0) is 29.8. The largest absolute Gasteiger partial charge is 0.509 e. The van der Waals surface area contributed by atoms with Crippen molar-refractivity contribution in [2.45, 2.75) is 168 Å². The predicted molar refractivity (Wildman–Crippen MR) is 177 cm³/mol. The summed E-state index contributed by atoms with van der Waals surface area (Å²) in [6, 6.07) is -0.142. The zero-order valence-electron chi connectivity index (χ0n) is 26.0. The van der Waals surface area contributed by atoms with E-state index in [1.807, 2.05) is 22.6 Å². The van der Waals surface area contributed by atoms with Crippen LogP contribution in [0.5, 0.6) is 0 Å². The molecule has 0 spiro atoms. The summed E-state index contributed by atoms with van der Waals surface area (Å²) in [5, 5.41) is 0. The molecule has 0 unspecified atom stereocenters. The Balaban J connectivity index is 0. The molecule has 0 saturated heterocycles. The molecule has 0 N–H and O–H groups in total. The maximum absolute atomic E-state index is 10.9. The Morgan fingerprint density at radius 3 is 1.00 bits per heavy atom. The van der Waals surface area contributed by atoms with Crippen molar-refractivity contribution < 1.29 is 28.5 Å². The first kappa shape index (κ1) is 41.7. The Kier molecular flexibility index (Phi) is 40.2. The Morgan fingerprint density at radius 1 is 0.450 bits per heavy atom. The van der Waals surface area contributed by atoms with E-state index in [1.165, 1.54) is 128 Å². The van der Waals surface area contributed by atoms with Gasteiger partial charge >= 0.3 is 12.3 Å². The van der Waals surface area contributed by atoms with Crippen molar-refractivity contribution in [1.82, 2.24) is 0 Å². The number of carbonyl (C=O) groups excluding carboxylic acids is 2. The molecule has 0 aromatic heterocycles. The highest BCUT2D eigenvalue weighted by atomic mass is 127. The molecule has 240 valence electrons. The van der Waals surface area contributed by atoms with Gasteiger partial charge in [0.15, 0.2) is 6.07 Å². The van der Waals surface area contributed by atoms with Crippen LogP contribution in [-0.2, 0) is 18.9 Å². The first-order chi connectivity index (χ1) is 19.6. The first-order valence-corrected chi connectivity index (χ1v) is 18.4. The lowest BCUT2D eigenvalue weighted by Crippen LogP contribution is -2.07. The third kappa shape index (κ3) is 39.7. The molecule has 6 nitrogen and oxygen atoms in total. The van der Waals surface area contributed by atoms with Crippen LogP contribution in [0.25, 0.3) is 0 Å². The third-order valence-electron chi connectivity index (χ3n) is 6.78. The van der Waals surface area contributed by atoms with Crippen LogP contribution in [0.2, 0.25) is 0 Å². The molecular formula is C32H62ClIO6. The van der Waals surface area contributed by atoms with Crippen LogP contribution in [0, 0.1) is 0 Å². The van der Waals surface area contributed by atoms with Crippen LogP contribution >= 0.6 is 34.2 Å². The highest BCUT2D eigenvalue weighted by molar-refractivity contribution is 14.1. The summed E-state index contributed by atoms with van der Waals surface area (Å²) < 4.78 is 19.2. The van der Waals surface area contributed by atoms with Crippen LogP contribution in [0.3, 0.4) is 0 Å². The Labute approximate surface area is 265 Å². The number of unbranched alkanes of at least 4 members (excludes halogenated alkanes) is 22. The van der Waals surface area contributed by atoms with Gasteiger partial charge in [-0.05, 0) is 35.4 Å². The van der Waals surface area contributed by atoms with E-state index in [0.29, 0.717) is 17.8 Å². The molecular weight excluding hydrogens is 643 g/mol. The molecule has 0 aromatic rings. The van der Waals surface area contributed by atoms with Crippen LogP contribution in [0.15, 0.2) is 0 Å². The summed E-state index contributed by atoms with van der Waals surface area (Å²) in [6.07, 6.45) is 30.1. The minimum atomic E-state index is -0.664. The fourth-order valence-corrected chi connectivity index (χ4v) is 4.71. The summed E-state index contributed by atoms with van der Waals surface area (Å²) in [4.78, 5) is 21.7. The van der Waals surface area contributed by atoms with E-state index in [4.69, 9.17) is 21.1 Å². The fourth-order valence-electron chi connectivity index (χ4n) is 4.37. The minimum absolute atomic E-state index is 0.142. The van der Waals surface area contributed by atoms with Crippen LogP contribution in [-0.4, -0.2) is 36.2 Å². The molecule has 0 saturated carbocycles. The van der Waals surface area contributed by atoms with E-state index in [2.05, 4.69) is 23.3 Å². The number of rotatable bonds is 28. The van der Waals surface area contributed by atoms with E-state index in [0.717, 1.165) is 25.7 Å². The molecule has 0 aliphatic heterocycles. The van der Waals surface area contributed by atoms with Gasteiger partial charge in [-0.2, -0.15) is 0 Å². The molecule has 8 heteroatoms. The zero-order valence-corrected chi connectivity index (χ0v) is 28.9. The van der Waals surface area contributed by atoms with E-state index in [-0.39, 0.29) is 6.07 Å². The molecule has 40 heavy (non-hydrogen) atoms. The molecule has 0 fully saturated rings. The second-order valence-electron chi connectivity index (χ2n) is 10.5. The molecule has 0 aliphatic rings. The molecule has 0 aromatic carbocycles. The number of hydrogen-bond acceptors (Lipinski definition) is 6. The van der Waals surface area contributed by atoms with Gasteiger partial charge in [-0.3, -0.25) is 0 Å². The number of hydrogen-bond donors (Lipinski definition) is 0. The highest BCUT2D eigenvalue weighted by Gasteiger charge is 2.02. The molecule has 0 radical (unpaired) electrons. The number of carbonyl (C=O) groups is 2. The van der Waals surface area contributed by atoms with Gasteiger partial charge in [-0.15, -0.1) is 0 Å². The molecule has 0 heterocycles. The van der Waals surface area contributed by atoms with Gasteiger partial charge in [0.1, 0.15) is 4.61 Å². The van der Waals surface area contributed by atoms with E-state index in [1.54, 1.807) is 0 Å². The van der Waals surface area contributed by atoms with Crippen molar-refractivity contribution in [1.29, 1.82) is 0 Å². The lowest BCUT2D eigenvalue weighted by atomic mass is 10.1. The smallest absolute Gasteiger partial charge is 0.434 e. The van der Waals surface area contributed by atoms with Gasteiger partial charge in [0.25, 0.3) is 0 Å². The van der Waals surface area contributed by atoms with Gasteiger partial charge in [-0.25, -0.2) is 9.59 Å². The SMILES string of the molecule is CCCCCCCCCCCCCCOC(=O)OCCl.CCCCCCCCCCCCCCOC(=O)OCI. The third-order valence-corrected chi connectivity index (χ3v) is 7.20. The Bertz CT molecular complexity index is 466. The second-order valence-corrected chi connectivity index (χ2v) is 11.3. The van der Waals surface area contributed by atoms with Gasteiger partial charge in [0.05, 0.1) is 13.2 Å². The lowest BCUT2D eigenvalue weighted by molar-refractivity contribution is 0.0661. The summed E-state index contributed by atoms with van der Waals surface area (Å²) in [6.45, 7) is 5.45. The average molecular weight is 705 g/mol. The van der Waals surface area contributed by atoms with Crippen molar-refractivity contribution in [2.75, 3.05) is 23.9 Å². The highest BCUT2D eigenvalue weighted by Crippen LogP contribution is 2.13. The van der Waals surface area contributed by atoms with Gasteiger partial charge in [0, 0.05) is 0 Å². The maximum atomic E-state index is 10.9. The van der Waals surface area contributed by atoms with Crippen molar-refractivity contribution in [3.05, 3.63) is 0 Å². The van der Waals surface area contributed by atoms with Crippen LogP contribution < -0.4 is 0 Å². The molecule has 0 atom stereocenters. The lowest BCUT2D eigenvalue weighted by Gasteiger charge is -2.04. The summed E-state index contributed by atoms with van der Waals surface area (Å²) in [7, 11) is 0. The fraction of sp³-hybridized carbons (Fsp3) is 0.938. The normalized spacial score (nSPS) is 10.5. The minimum Gasteiger partial charge on any atom is -0.434 e. The Morgan fingerprint density at radius 2 is 0.725 bits per heavy atom. The topological polar surface area (TPSA) is 71.1 Å². The molecule has 0 rings (SSSR count). The van der Waals surface area contributed by atoms with Gasteiger partial charge < -0.3 is 18.9 Å². The van der Waals surface area contributed by atoms with Crippen molar-refractivity contribution in [2.24, 2.45) is 0 Å². The molecule has 0 aliphatic carbocycles. The maximum Gasteiger partial charge on any atom is 0.509 e. The van der Waals surface area contributed by atoms with E-state index in [9.17, 15) is 9.59 Å². The van der Waals surface area contributed by atoms with E-state index < -0.39 is 12.3 Å². The first-order valence-electron chi connectivity index (χ1n) is 16.3. The number of alkyl halides is 2. The van der Waals surface area contributed by atoms with Gasteiger partial charge in [0.2, 0.25) is 0 Å². The quantitative estimate of drug-likeness (QED) is 0.0349. The number of ether oxygens (including phenoxy) is 4. The Hall–Kier alpha value is -0.440. The van der Waals surface area contributed by atoms with Crippen LogP contribution in [0.1, 0.15) is 168 Å². The van der Waals surface area contributed by atoms with Crippen molar-refractivity contribution >= 4 is 46.5 Å². The van der Waals surface area contributed by atoms with Crippen LogP contribution in [0.4, 0.5) is 9.59 Å². The summed E-state index contributed by atoms with van der Waals surface area (Å²) in [5.41, 5.74) is 0. The molecule has 0 bridgehead atoms. The standard InChI is InChI=1S/C16H31ClO3.C16H31IO3/c2*1-2-3-4-5-6-7-8-9-10-11-12-13-14-19-16(18)20-15-17/h2*2-15H2,1H3. The second kappa shape index (κ2) is 38.6. The summed E-state index contributed by atoms with van der Waals surface area (Å²) in [5.74, 6) is 0. The van der Waals surface area contributed by atoms with Crippen molar-refractivity contribution in [3.63, 3.8) is 0 Å². The summed E-state index contributed by atoms with van der Waals surface area (Å²) >= 11 is 7.21. The van der Waals surface area contributed by atoms with Gasteiger partial charge in [-0.1, -0.05) is 167 Å². The molecule has 0 amide bonds. The predicted octanol–water partition coefficient (Wildman–Crippen LogP) is 12.3. The monoisotopic (exact) mass is 704 g/mol. The van der Waals surface area contributed by atoms with E-state index >= 15 is 0 Å². The average Bonchev–Trinajstić information content (AvgIpc) is 2.94.